The number of carbonyl (C=O) groups excluding carboxylic acids is 1. The van der Waals surface area contributed by atoms with Gasteiger partial charge in [-0.05, 0) is 42.9 Å². The smallest absolute Gasteiger partial charge is 0.225 e. The fourth-order valence-electron chi connectivity index (χ4n) is 4.24. The minimum atomic E-state index is -0.708. The average Bonchev–Trinajstić information content (AvgIpc) is 2.80. The lowest BCUT2D eigenvalue weighted by molar-refractivity contribution is -0.157. The maximum Gasteiger partial charge on any atom is 0.225 e. The van der Waals surface area contributed by atoms with Crippen LogP contribution in [0.3, 0.4) is 0 Å². The Morgan fingerprint density at radius 2 is 1.94 bits per heavy atom. The molecule has 7 nitrogen and oxygen atoms in total. The van der Waals surface area contributed by atoms with E-state index in [2.05, 4.69) is 27.9 Å². The molecule has 8 heteroatoms. The third-order valence-corrected chi connectivity index (χ3v) is 6.35. The molecular weight excluding hydrogens is 428 g/mol. The Morgan fingerprint density at radius 1 is 1.16 bits per heavy atom. The molecule has 0 unspecified atom stereocenters. The Morgan fingerprint density at radius 3 is 2.66 bits per heavy atom. The lowest BCUT2D eigenvalue weighted by Gasteiger charge is -2.43. The number of piperazine rings is 1. The fraction of sp³-hybridized carbons (Fsp3) is 0.500. The molecule has 1 atom stereocenters. The summed E-state index contributed by atoms with van der Waals surface area (Å²) >= 11 is 6.00. The SMILES string of the molecule is CN1CCN(C(=O)C[C@]2(COc3ccc(Cl)cc3)CN(Cc3cccnc3)CCO2)CC1. The van der Waals surface area contributed by atoms with Crippen molar-refractivity contribution < 1.29 is 14.3 Å². The lowest BCUT2D eigenvalue weighted by atomic mass is 9.96. The summed E-state index contributed by atoms with van der Waals surface area (Å²) < 4.78 is 12.4. The van der Waals surface area contributed by atoms with Gasteiger partial charge in [0.1, 0.15) is 18.0 Å². The number of hydrogen-bond donors (Lipinski definition) is 0. The summed E-state index contributed by atoms with van der Waals surface area (Å²) in [6.45, 7) is 6.35. The van der Waals surface area contributed by atoms with Crippen molar-refractivity contribution in [3.63, 3.8) is 0 Å². The molecule has 3 heterocycles. The van der Waals surface area contributed by atoms with Crippen LogP contribution in [0.4, 0.5) is 0 Å². The van der Waals surface area contributed by atoms with Crippen LogP contribution in [0, 0.1) is 0 Å². The number of likely N-dealkylation sites (N-methyl/N-ethyl adjacent to an activating group) is 1. The van der Waals surface area contributed by atoms with Crippen molar-refractivity contribution in [1.29, 1.82) is 0 Å². The minimum absolute atomic E-state index is 0.126. The average molecular weight is 459 g/mol. The van der Waals surface area contributed by atoms with E-state index >= 15 is 0 Å². The molecule has 0 radical (unpaired) electrons. The molecule has 2 fully saturated rings. The third-order valence-electron chi connectivity index (χ3n) is 6.10. The monoisotopic (exact) mass is 458 g/mol. The van der Waals surface area contributed by atoms with Crippen molar-refractivity contribution in [3.8, 4) is 5.75 Å². The first kappa shape index (κ1) is 23.0. The second-order valence-corrected chi connectivity index (χ2v) is 9.14. The van der Waals surface area contributed by atoms with E-state index in [1.807, 2.05) is 29.3 Å². The van der Waals surface area contributed by atoms with Crippen molar-refractivity contribution in [2.75, 3.05) is 59.5 Å². The summed E-state index contributed by atoms with van der Waals surface area (Å²) in [5, 5.41) is 0.661. The molecule has 172 valence electrons. The van der Waals surface area contributed by atoms with Gasteiger partial charge in [-0.2, -0.15) is 0 Å². The summed E-state index contributed by atoms with van der Waals surface area (Å²) in [4.78, 5) is 24.0. The number of pyridine rings is 1. The van der Waals surface area contributed by atoms with Crippen LogP contribution in [-0.2, 0) is 16.1 Å². The molecule has 2 saturated heterocycles. The highest BCUT2D eigenvalue weighted by Crippen LogP contribution is 2.27. The van der Waals surface area contributed by atoms with Gasteiger partial charge in [-0.1, -0.05) is 17.7 Å². The Hall–Kier alpha value is -2.19. The van der Waals surface area contributed by atoms with E-state index in [1.165, 1.54) is 0 Å². The number of halogens is 1. The van der Waals surface area contributed by atoms with Gasteiger partial charge in [0.15, 0.2) is 0 Å². The molecule has 0 saturated carbocycles. The minimum Gasteiger partial charge on any atom is -0.491 e. The molecule has 1 amide bonds. The van der Waals surface area contributed by atoms with Crippen LogP contribution < -0.4 is 4.74 Å². The number of morpholine rings is 1. The van der Waals surface area contributed by atoms with Crippen molar-refractivity contribution >= 4 is 17.5 Å². The lowest BCUT2D eigenvalue weighted by Crippen LogP contribution is -2.58. The summed E-state index contributed by atoms with van der Waals surface area (Å²) in [5.74, 6) is 0.842. The number of benzene rings is 1. The largest absolute Gasteiger partial charge is 0.491 e. The molecule has 0 aliphatic carbocycles. The first-order chi connectivity index (χ1) is 15.5. The van der Waals surface area contributed by atoms with Crippen LogP contribution in [0.15, 0.2) is 48.8 Å². The van der Waals surface area contributed by atoms with Crippen molar-refractivity contribution in [2.45, 2.75) is 18.6 Å². The van der Waals surface area contributed by atoms with E-state index in [0.29, 0.717) is 37.0 Å². The normalized spacial score (nSPS) is 22.6. The van der Waals surface area contributed by atoms with Gasteiger partial charge in [-0.15, -0.1) is 0 Å². The summed E-state index contributed by atoms with van der Waals surface area (Å²) in [6.07, 6.45) is 3.96. The van der Waals surface area contributed by atoms with Crippen LogP contribution in [-0.4, -0.2) is 90.7 Å². The fourth-order valence-corrected chi connectivity index (χ4v) is 4.37. The molecule has 2 aliphatic rings. The third kappa shape index (κ3) is 6.19. The van der Waals surface area contributed by atoms with Crippen molar-refractivity contribution in [3.05, 3.63) is 59.4 Å². The van der Waals surface area contributed by atoms with Gasteiger partial charge in [0.05, 0.1) is 13.0 Å². The van der Waals surface area contributed by atoms with Gasteiger partial charge in [-0.3, -0.25) is 14.7 Å². The first-order valence-electron chi connectivity index (χ1n) is 11.1. The maximum absolute atomic E-state index is 13.2. The Kier molecular flexibility index (Phi) is 7.63. The number of aromatic nitrogens is 1. The number of ether oxygens (including phenoxy) is 2. The van der Waals surface area contributed by atoms with Gasteiger partial charge >= 0.3 is 0 Å². The van der Waals surface area contributed by atoms with E-state index in [4.69, 9.17) is 21.1 Å². The van der Waals surface area contributed by atoms with E-state index in [0.717, 1.165) is 44.8 Å². The predicted octanol–water partition coefficient (Wildman–Crippen LogP) is 2.55. The molecular formula is C24H31ClN4O3. The van der Waals surface area contributed by atoms with Crippen LogP contribution in [0.1, 0.15) is 12.0 Å². The second-order valence-electron chi connectivity index (χ2n) is 8.71. The molecule has 1 aromatic carbocycles. The molecule has 2 aromatic rings. The van der Waals surface area contributed by atoms with E-state index in [9.17, 15) is 4.79 Å². The summed E-state index contributed by atoms with van der Waals surface area (Å²) in [5.41, 5.74) is 0.438. The van der Waals surface area contributed by atoms with E-state index in [1.54, 1.807) is 18.3 Å². The van der Waals surface area contributed by atoms with Gasteiger partial charge in [-0.25, -0.2) is 0 Å². The Labute approximate surface area is 194 Å². The molecule has 4 rings (SSSR count). The van der Waals surface area contributed by atoms with E-state index in [-0.39, 0.29) is 5.91 Å². The topological polar surface area (TPSA) is 58.1 Å². The number of carbonyl (C=O) groups is 1. The number of amides is 1. The highest BCUT2D eigenvalue weighted by Gasteiger charge is 2.41. The molecule has 32 heavy (non-hydrogen) atoms. The highest BCUT2D eigenvalue weighted by molar-refractivity contribution is 6.30. The Balaban J connectivity index is 1.47. The van der Waals surface area contributed by atoms with Crippen molar-refractivity contribution in [1.82, 2.24) is 19.7 Å². The quantitative estimate of drug-likeness (QED) is 0.635. The van der Waals surface area contributed by atoms with Gasteiger partial charge in [0.25, 0.3) is 0 Å². The standard InChI is InChI=1S/C24H31ClN4O3/c1-27-9-11-29(12-10-27)23(30)15-24(19-31-22-6-4-21(25)5-7-22)18-28(13-14-32-24)17-20-3-2-8-26-16-20/h2-8,16H,9-15,17-19H2,1H3/t24-/m1/s1. The van der Waals surface area contributed by atoms with Gasteiger partial charge in [0.2, 0.25) is 5.91 Å². The zero-order chi connectivity index (χ0) is 22.4. The second kappa shape index (κ2) is 10.6. The first-order valence-corrected chi connectivity index (χ1v) is 11.5. The predicted molar refractivity (Wildman–Crippen MR) is 124 cm³/mol. The molecule has 0 spiro atoms. The zero-order valence-electron chi connectivity index (χ0n) is 18.6. The van der Waals surface area contributed by atoms with Gasteiger partial charge < -0.3 is 19.3 Å². The van der Waals surface area contributed by atoms with Crippen LogP contribution in [0.5, 0.6) is 5.75 Å². The molecule has 0 N–H and O–H groups in total. The molecule has 0 bridgehead atoms. The summed E-state index contributed by atoms with van der Waals surface area (Å²) in [7, 11) is 2.09. The number of nitrogens with zero attached hydrogens (tertiary/aromatic N) is 4. The Bertz CT molecular complexity index is 875. The van der Waals surface area contributed by atoms with Crippen LogP contribution >= 0.6 is 11.6 Å². The van der Waals surface area contributed by atoms with Crippen LogP contribution in [0.2, 0.25) is 5.02 Å². The van der Waals surface area contributed by atoms with Crippen LogP contribution in [0.25, 0.3) is 0 Å². The molecule has 1 aromatic heterocycles. The zero-order valence-corrected chi connectivity index (χ0v) is 19.3. The highest BCUT2D eigenvalue weighted by atomic mass is 35.5. The van der Waals surface area contributed by atoms with E-state index < -0.39 is 5.60 Å². The maximum atomic E-state index is 13.2. The summed E-state index contributed by atoms with van der Waals surface area (Å²) in [6, 6.07) is 11.3. The van der Waals surface area contributed by atoms with Gasteiger partial charge in [0, 0.05) is 63.2 Å². The van der Waals surface area contributed by atoms with Crippen molar-refractivity contribution in [2.24, 2.45) is 0 Å². The molecule has 2 aliphatic heterocycles. The number of hydrogen-bond acceptors (Lipinski definition) is 6. The number of rotatable bonds is 7.